The van der Waals surface area contributed by atoms with Gasteiger partial charge in [0.25, 0.3) is 0 Å². The summed E-state index contributed by atoms with van der Waals surface area (Å²) in [5.74, 6) is -56.7. The minimum absolute atomic E-state index is 1.16. The van der Waals surface area contributed by atoms with Crippen LogP contribution in [0, 0.1) is 0 Å². The van der Waals surface area contributed by atoms with E-state index in [1.165, 1.54) is 0 Å². The first kappa shape index (κ1) is 32.0. The van der Waals surface area contributed by atoms with Crippen molar-refractivity contribution in [2.75, 3.05) is 6.16 Å². The highest BCUT2D eigenvalue weighted by molar-refractivity contribution is 7.51. The van der Waals surface area contributed by atoms with E-state index < -0.39 is 80.7 Å². The van der Waals surface area contributed by atoms with Crippen LogP contribution < -0.4 is 0 Å². The van der Waals surface area contributed by atoms with Crippen molar-refractivity contribution in [3.63, 3.8) is 0 Å². The molecular weight excluding hydrogens is 546 g/mol. The topological polar surface area (TPSA) is 57.5 Å². The molecule has 0 spiro atoms. The average Bonchev–Trinajstić information content (AvgIpc) is 2.55. The molecule has 0 saturated carbocycles. The van der Waals surface area contributed by atoms with Crippen molar-refractivity contribution in [2.45, 2.75) is 66.9 Å². The Morgan fingerprint density at radius 3 is 1.09 bits per heavy atom. The zero-order chi connectivity index (χ0) is 27.3. The maximum atomic E-state index is 13.5. The number of unbranched alkanes of at least 4 members (excludes halogenated alkanes) is 1. The SMILES string of the molecule is O=P(O)(O)CCCCC(F)(F)C(F)(F)C(F)(F)C(F)(F)C(F)(F)C(F)(F)C(F)(F)C(F)(F)F. The molecule has 0 aliphatic heterocycles. The quantitative estimate of drug-likeness (QED) is 0.178. The molecule has 0 heterocycles. The van der Waals surface area contributed by atoms with Crippen LogP contribution in [0.1, 0.15) is 19.3 Å². The van der Waals surface area contributed by atoms with E-state index >= 15 is 0 Å². The van der Waals surface area contributed by atoms with Crippen LogP contribution in [0.3, 0.4) is 0 Å². The summed E-state index contributed by atoms with van der Waals surface area (Å²) in [6.07, 6.45) is -14.6. The third-order valence-electron chi connectivity index (χ3n) is 3.98. The van der Waals surface area contributed by atoms with Gasteiger partial charge in [0.15, 0.2) is 0 Å². The van der Waals surface area contributed by atoms with E-state index in [0.29, 0.717) is 0 Å². The molecule has 0 aliphatic rings. The summed E-state index contributed by atoms with van der Waals surface area (Å²) in [4.78, 5) is 16.8. The lowest BCUT2D eigenvalue weighted by atomic mass is 9.88. The molecule has 0 atom stereocenters. The van der Waals surface area contributed by atoms with Crippen molar-refractivity contribution >= 4 is 7.60 Å². The standard InChI is InChI=1S/C12H10F17O3P/c13-5(14,3-1-2-4-33(30,31)32)6(15,16)7(17,18)8(19,20)9(21,22)10(23,24)11(25,26)12(27,28)29/h1-4H2,(H2,30,31,32). The predicted octanol–water partition coefficient (Wildman–Crippen LogP) is 6.34. The second kappa shape index (κ2) is 8.57. The van der Waals surface area contributed by atoms with Crippen molar-refractivity contribution in [3.8, 4) is 0 Å². The minimum Gasteiger partial charge on any atom is -0.324 e. The smallest absolute Gasteiger partial charge is 0.324 e. The van der Waals surface area contributed by atoms with Crippen LogP contribution >= 0.6 is 7.60 Å². The van der Waals surface area contributed by atoms with Gasteiger partial charge in [-0.05, 0) is 12.8 Å². The molecule has 0 unspecified atom stereocenters. The predicted molar refractivity (Wildman–Crippen MR) is 71.4 cm³/mol. The monoisotopic (exact) mass is 556 g/mol. The van der Waals surface area contributed by atoms with Crippen LogP contribution in [0.25, 0.3) is 0 Å². The Balaban J connectivity index is 6.29. The normalized spacial score (nSPS) is 16.3. The van der Waals surface area contributed by atoms with Crippen molar-refractivity contribution < 1.29 is 89.0 Å². The maximum Gasteiger partial charge on any atom is 0.460 e. The molecule has 2 N–H and O–H groups in total. The number of rotatable bonds is 11. The lowest BCUT2D eigenvalue weighted by Crippen LogP contribution is -2.74. The molecular formula is C12H10F17O3P. The molecule has 0 saturated heterocycles. The molecule has 0 amide bonds. The second-order valence-electron chi connectivity index (χ2n) is 6.49. The number of halogens is 17. The third-order valence-corrected chi connectivity index (χ3v) is 4.88. The number of alkyl halides is 17. The maximum absolute atomic E-state index is 13.5. The zero-order valence-electron chi connectivity index (χ0n) is 15.0. The van der Waals surface area contributed by atoms with Gasteiger partial charge in [-0.25, -0.2) is 0 Å². The highest BCUT2D eigenvalue weighted by atomic mass is 31.2. The first-order valence-electron chi connectivity index (χ1n) is 7.72. The van der Waals surface area contributed by atoms with Crippen LogP contribution in [0.15, 0.2) is 0 Å². The zero-order valence-corrected chi connectivity index (χ0v) is 15.9. The van der Waals surface area contributed by atoms with Gasteiger partial charge in [-0.15, -0.1) is 0 Å². The van der Waals surface area contributed by atoms with Crippen molar-refractivity contribution in [2.24, 2.45) is 0 Å². The molecule has 0 fully saturated rings. The summed E-state index contributed by atoms with van der Waals surface area (Å²) >= 11 is 0. The number of hydrogen-bond acceptors (Lipinski definition) is 1. The third kappa shape index (κ3) is 5.16. The molecule has 21 heteroatoms. The highest BCUT2D eigenvalue weighted by Crippen LogP contribution is 2.64. The molecule has 0 radical (unpaired) electrons. The van der Waals surface area contributed by atoms with Gasteiger partial charge in [0.05, 0.1) is 0 Å². The lowest BCUT2D eigenvalue weighted by molar-refractivity contribution is -0.461. The van der Waals surface area contributed by atoms with Gasteiger partial charge in [0, 0.05) is 12.6 Å². The fourth-order valence-electron chi connectivity index (χ4n) is 2.02. The molecule has 0 aromatic rings. The van der Waals surface area contributed by atoms with Gasteiger partial charge in [-0.3, -0.25) is 4.57 Å². The largest absolute Gasteiger partial charge is 0.460 e. The van der Waals surface area contributed by atoms with E-state index in [1.807, 2.05) is 0 Å². The molecule has 200 valence electrons. The van der Waals surface area contributed by atoms with Gasteiger partial charge < -0.3 is 9.79 Å². The van der Waals surface area contributed by atoms with Crippen LogP contribution in [-0.4, -0.2) is 63.6 Å². The summed E-state index contributed by atoms with van der Waals surface area (Å²) < 4.78 is 231. The summed E-state index contributed by atoms with van der Waals surface area (Å²) in [6.45, 7) is 0. The molecule has 0 aromatic carbocycles. The van der Waals surface area contributed by atoms with E-state index in [1.54, 1.807) is 0 Å². The van der Waals surface area contributed by atoms with Gasteiger partial charge >= 0.3 is 55.2 Å². The van der Waals surface area contributed by atoms with E-state index in [9.17, 15) is 79.2 Å². The first-order chi connectivity index (χ1) is 14.0. The van der Waals surface area contributed by atoms with Gasteiger partial charge in [0.2, 0.25) is 0 Å². The Kier molecular flexibility index (Phi) is 8.30. The highest BCUT2D eigenvalue weighted by Gasteiger charge is 2.95. The van der Waals surface area contributed by atoms with Gasteiger partial charge in [-0.2, -0.15) is 74.6 Å². The van der Waals surface area contributed by atoms with Crippen LogP contribution in [-0.2, 0) is 4.57 Å². The van der Waals surface area contributed by atoms with E-state index in [0.717, 1.165) is 0 Å². The Hall–Kier alpha value is -1.04. The molecule has 0 bridgehead atoms. The summed E-state index contributed by atoms with van der Waals surface area (Å²) in [5, 5.41) is 0. The van der Waals surface area contributed by atoms with Gasteiger partial charge in [0.1, 0.15) is 0 Å². The Labute approximate surface area is 171 Å². The summed E-state index contributed by atoms with van der Waals surface area (Å²) in [5.41, 5.74) is 0. The first-order valence-corrected chi connectivity index (χ1v) is 9.51. The fourth-order valence-corrected chi connectivity index (χ4v) is 2.65. The van der Waals surface area contributed by atoms with Crippen LogP contribution in [0.5, 0.6) is 0 Å². The summed E-state index contributed by atoms with van der Waals surface area (Å²) in [6, 6.07) is 0. The van der Waals surface area contributed by atoms with E-state index in [4.69, 9.17) is 9.79 Å². The summed E-state index contributed by atoms with van der Waals surface area (Å²) in [7, 11) is -4.96. The van der Waals surface area contributed by atoms with Crippen molar-refractivity contribution in [1.29, 1.82) is 0 Å². The molecule has 33 heavy (non-hydrogen) atoms. The van der Waals surface area contributed by atoms with E-state index in [-0.39, 0.29) is 0 Å². The molecule has 3 nitrogen and oxygen atoms in total. The van der Waals surface area contributed by atoms with Crippen LogP contribution in [0.4, 0.5) is 74.6 Å². The number of hydrogen-bond donors (Lipinski definition) is 2. The van der Waals surface area contributed by atoms with Crippen molar-refractivity contribution in [3.05, 3.63) is 0 Å². The van der Waals surface area contributed by atoms with Gasteiger partial charge in [-0.1, -0.05) is 0 Å². The molecule has 0 aromatic heterocycles. The fraction of sp³-hybridized carbons (Fsp3) is 1.00. The van der Waals surface area contributed by atoms with Crippen molar-refractivity contribution in [1.82, 2.24) is 0 Å². The molecule has 0 aliphatic carbocycles. The molecule has 0 rings (SSSR count). The Morgan fingerprint density at radius 2 is 0.788 bits per heavy atom. The Bertz CT molecular complexity index is 738. The van der Waals surface area contributed by atoms with Crippen LogP contribution in [0.2, 0.25) is 0 Å². The average molecular weight is 556 g/mol. The lowest BCUT2D eigenvalue weighted by Gasteiger charge is -2.42. The minimum atomic E-state index is -8.68. The van der Waals surface area contributed by atoms with E-state index in [2.05, 4.69) is 0 Å². The Morgan fingerprint density at radius 1 is 0.485 bits per heavy atom. The second-order valence-corrected chi connectivity index (χ2v) is 8.27.